The zero-order valence-electron chi connectivity index (χ0n) is 10.9. The minimum Gasteiger partial charge on any atom is -0.300 e. The lowest BCUT2D eigenvalue weighted by Crippen LogP contribution is -2.11. The zero-order chi connectivity index (χ0) is 14.0. The maximum Gasteiger partial charge on any atom is 0.192 e. The van der Waals surface area contributed by atoms with E-state index in [0.717, 1.165) is 32.1 Å². The Kier molecular flexibility index (Phi) is 11.1. The van der Waals surface area contributed by atoms with Gasteiger partial charge in [0, 0.05) is 18.2 Å². The second kappa shape index (κ2) is 10.6. The van der Waals surface area contributed by atoms with Crippen molar-refractivity contribution in [3.8, 4) is 0 Å². The van der Waals surface area contributed by atoms with E-state index in [2.05, 4.69) is 0 Å². The second-order valence-corrected chi connectivity index (χ2v) is 7.91. The first-order valence-corrected chi connectivity index (χ1v) is 8.08. The highest BCUT2D eigenvalue weighted by Gasteiger charge is 2.23. The van der Waals surface area contributed by atoms with Crippen molar-refractivity contribution in [3.63, 3.8) is 0 Å². The molecule has 0 aromatic carbocycles. The molecule has 1 atom stereocenters. The molecule has 0 rings (SSSR count). The Hall–Kier alpha value is 0.830. The molecule has 5 heteroatoms. The number of carbonyl (C=O) groups is 1. The molecule has 108 valence electrons. The largest absolute Gasteiger partial charge is 0.300 e. The van der Waals surface area contributed by atoms with Gasteiger partial charge in [-0.05, 0) is 19.8 Å². The number of ketones is 1. The molecule has 1 unspecified atom stereocenters. The monoisotopic (exact) mass is 334 g/mol. The second-order valence-electron chi connectivity index (χ2n) is 4.78. The van der Waals surface area contributed by atoms with Crippen LogP contribution in [0.15, 0.2) is 0 Å². The lowest BCUT2D eigenvalue weighted by atomic mass is 10.1. The SMILES string of the molecule is CC(=O)CCCCCCCCC(Cl)CC(Cl)(Cl)Cl. The summed E-state index contributed by atoms with van der Waals surface area (Å²) < 4.78 is -1.24. The average Bonchev–Trinajstić information content (AvgIpc) is 2.18. The molecule has 0 amide bonds. The number of hydrogen-bond donors (Lipinski definition) is 0. The van der Waals surface area contributed by atoms with Crippen molar-refractivity contribution in [2.75, 3.05) is 0 Å². The third kappa shape index (κ3) is 14.9. The van der Waals surface area contributed by atoms with E-state index in [-0.39, 0.29) is 11.2 Å². The molecule has 0 aliphatic rings. The van der Waals surface area contributed by atoms with Gasteiger partial charge >= 0.3 is 0 Å². The molecule has 0 aromatic rings. The lowest BCUT2D eigenvalue weighted by molar-refractivity contribution is -0.117. The van der Waals surface area contributed by atoms with Crippen LogP contribution in [0.3, 0.4) is 0 Å². The normalized spacial score (nSPS) is 13.6. The molecule has 0 aromatic heterocycles. The fourth-order valence-corrected chi connectivity index (χ4v) is 2.98. The standard InChI is InChI=1S/C13H22Cl4O/c1-11(18)8-6-4-2-3-5-7-9-12(14)10-13(15,16)17/h12H,2-10H2,1H3. The Labute approximate surface area is 130 Å². The summed E-state index contributed by atoms with van der Waals surface area (Å²) in [6.45, 7) is 1.64. The van der Waals surface area contributed by atoms with Crippen LogP contribution in [0.5, 0.6) is 0 Å². The highest BCUT2D eigenvalue weighted by Crippen LogP contribution is 2.34. The lowest BCUT2D eigenvalue weighted by Gasteiger charge is -2.15. The van der Waals surface area contributed by atoms with Gasteiger partial charge in [0.05, 0.1) is 0 Å². The highest BCUT2D eigenvalue weighted by molar-refractivity contribution is 6.67. The number of hydrogen-bond acceptors (Lipinski definition) is 1. The summed E-state index contributed by atoms with van der Waals surface area (Å²) in [5.41, 5.74) is 0. The Morgan fingerprint density at radius 1 is 1.00 bits per heavy atom. The van der Waals surface area contributed by atoms with E-state index >= 15 is 0 Å². The minimum atomic E-state index is -1.24. The van der Waals surface area contributed by atoms with Gasteiger partial charge in [0.2, 0.25) is 0 Å². The number of alkyl halides is 4. The first kappa shape index (κ1) is 18.8. The van der Waals surface area contributed by atoms with Gasteiger partial charge in [-0.2, -0.15) is 0 Å². The molecular weight excluding hydrogens is 314 g/mol. The number of unbranched alkanes of at least 4 members (excludes halogenated alkanes) is 5. The van der Waals surface area contributed by atoms with Crippen LogP contribution in [0.1, 0.15) is 64.7 Å². The average molecular weight is 336 g/mol. The number of Topliss-reactive ketones (excluding diaryl/α,β-unsaturated/α-hetero) is 1. The van der Waals surface area contributed by atoms with Crippen molar-refractivity contribution < 1.29 is 4.79 Å². The Balaban J connectivity index is 3.27. The van der Waals surface area contributed by atoms with Crippen LogP contribution in [0.25, 0.3) is 0 Å². The van der Waals surface area contributed by atoms with Crippen molar-refractivity contribution in [3.05, 3.63) is 0 Å². The van der Waals surface area contributed by atoms with E-state index in [1.54, 1.807) is 6.92 Å². The number of carbonyl (C=O) groups excluding carboxylic acids is 1. The maximum atomic E-state index is 10.7. The van der Waals surface area contributed by atoms with Crippen LogP contribution in [-0.2, 0) is 4.79 Å². The molecule has 0 bridgehead atoms. The number of rotatable bonds is 10. The molecule has 0 spiro atoms. The van der Waals surface area contributed by atoms with Crippen LogP contribution < -0.4 is 0 Å². The third-order valence-corrected chi connectivity index (χ3v) is 3.58. The van der Waals surface area contributed by atoms with E-state index in [4.69, 9.17) is 46.4 Å². The van der Waals surface area contributed by atoms with Crippen LogP contribution in [-0.4, -0.2) is 15.0 Å². The van der Waals surface area contributed by atoms with E-state index in [0.29, 0.717) is 12.8 Å². The molecule has 0 heterocycles. The predicted molar refractivity (Wildman–Crippen MR) is 82.2 cm³/mol. The van der Waals surface area contributed by atoms with Gasteiger partial charge in [-0.1, -0.05) is 66.9 Å². The van der Waals surface area contributed by atoms with E-state index in [9.17, 15) is 4.79 Å². The zero-order valence-corrected chi connectivity index (χ0v) is 13.9. The van der Waals surface area contributed by atoms with Crippen LogP contribution >= 0.6 is 46.4 Å². The summed E-state index contributed by atoms with van der Waals surface area (Å²) >= 11 is 23.1. The summed E-state index contributed by atoms with van der Waals surface area (Å²) in [7, 11) is 0. The summed E-state index contributed by atoms with van der Waals surface area (Å²) in [6.07, 6.45) is 8.76. The van der Waals surface area contributed by atoms with Crippen molar-refractivity contribution in [1.82, 2.24) is 0 Å². The van der Waals surface area contributed by atoms with Crippen molar-refractivity contribution in [2.24, 2.45) is 0 Å². The Bertz CT molecular complexity index is 226. The summed E-state index contributed by atoms with van der Waals surface area (Å²) in [6, 6.07) is 0. The topological polar surface area (TPSA) is 17.1 Å². The van der Waals surface area contributed by atoms with Gasteiger partial charge in [-0.25, -0.2) is 0 Å². The predicted octanol–water partition coefficient (Wildman–Crippen LogP) is 6.06. The fourth-order valence-electron chi connectivity index (χ4n) is 1.80. The first-order chi connectivity index (χ1) is 8.31. The quantitative estimate of drug-likeness (QED) is 0.350. The molecule has 1 nitrogen and oxygen atoms in total. The van der Waals surface area contributed by atoms with E-state index in [1.165, 1.54) is 12.8 Å². The minimum absolute atomic E-state index is 0.0600. The molecule has 0 saturated carbocycles. The molecule has 0 N–H and O–H groups in total. The summed E-state index contributed by atoms with van der Waals surface area (Å²) in [5.74, 6) is 0.284. The van der Waals surface area contributed by atoms with Gasteiger partial charge in [-0.15, -0.1) is 11.6 Å². The van der Waals surface area contributed by atoms with Crippen molar-refractivity contribution >= 4 is 52.2 Å². The molecule has 0 aliphatic heterocycles. The van der Waals surface area contributed by atoms with Crippen LogP contribution in [0.4, 0.5) is 0 Å². The smallest absolute Gasteiger partial charge is 0.192 e. The van der Waals surface area contributed by atoms with Crippen molar-refractivity contribution in [2.45, 2.75) is 73.9 Å². The van der Waals surface area contributed by atoms with E-state index in [1.807, 2.05) is 0 Å². The first-order valence-electron chi connectivity index (χ1n) is 6.51. The number of halogens is 4. The maximum absolute atomic E-state index is 10.7. The Morgan fingerprint density at radius 2 is 1.50 bits per heavy atom. The molecule has 0 saturated heterocycles. The molecular formula is C13H22Cl4O. The third-order valence-electron chi connectivity index (χ3n) is 2.75. The molecule has 0 aliphatic carbocycles. The van der Waals surface area contributed by atoms with Gasteiger partial charge in [0.25, 0.3) is 0 Å². The van der Waals surface area contributed by atoms with Gasteiger partial charge in [-0.3, -0.25) is 0 Å². The molecule has 0 fully saturated rings. The Morgan fingerprint density at radius 3 is 2.00 bits per heavy atom. The van der Waals surface area contributed by atoms with Crippen LogP contribution in [0, 0.1) is 0 Å². The summed E-state index contributed by atoms with van der Waals surface area (Å²) in [5, 5.41) is -0.0600. The molecule has 18 heavy (non-hydrogen) atoms. The van der Waals surface area contributed by atoms with Crippen LogP contribution in [0.2, 0.25) is 0 Å². The van der Waals surface area contributed by atoms with Gasteiger partial charge in [0.15, 0.2) is 3.79 Å². The van der Waals surface area contributed by atoms with E-state index < -0.39 is 3.79 Å². The van der Waals surface area contributed by atoms with Gasteiger partial charge in [0.1, 0.15) is 5.78 Å². The fraction of sp³-hybridized carbons (Fsp3) is 0.923. The highest BCUT2D eigenvalue weighted by atomic mass is 35.6. The summed E-state index contributed by atoms with van der Waals surface area (Å²) in [4.78, 5) is 10.7. The van der Waals surface area contributed by atoms with Gasteiger partial charge < -0.3 is 4.79 Å². The van der Waals surface area contributed by atoms with Crippen molar-refractivity contribution in [1.29, 1.82) is 0 Å². The molecule has 0 radical (unpaired) electrons.